The van der Waals surface area contributed by atoms with Crippen LogP contribution in [0.4, 0.5) is 0 Å². The molecule has 1 aliphatic heterocycles. The highest BCUT2D eigenvalue weighted by Crippen LogP contribution is 2.26. The highest BCUT2D eigenvalue weighted by atomic mass is 35.5. The third kappa shape index (κ3) is 6.97. The summed E-state index contributed by atoms with van der Waals surface area (Å²) in [4.78, 5) is 13.2. The standard InChI is InChI=1S/C28H39ClN2O2/c1-19-10-11-24(17-20(19)2)28(32)31-26(25-9-5-7-15-30-25)18-23-12-13-27(22(4)21(23)3)33-16-8-6-14-29/h10-13,17,25-26,30H,5-9,14-16,18H2,1-4H3,(H,31,32). The molecule has 3 rings (SSSR count). The smallest absolute Gasteiger partial charge is 0.251 e. The number of rotatable bonds is 10. The van der Waals surface area contributed by atoms with Gasteiger partial charge in [-0.05, 0) is 112 Å². The predicted octanol–water partition coefficient (Wildman–Crippen LogP) is 5.80. The summed E-state index contributed by atoms with van der Waals surface area (Å²) in [5, 5.41) is 7.01. The third-order valence-corrected chi connectivity index (χ3v) is 7.26. The molecule has 0 saturated carbocycles. The summed E-state index contributed by atoms with van der Waals surface area (Å²) in [6, 6.07) is 10.5. The molecule has 2 aromatic carbocycles. The Hall–Kier alpha value is -2.04. The molecule has 1 saturated heterocycles. The molecule has 2 atom stereocenters. The van der Waals surface area contributed by atoms with Crippen LogP contribution in [0, 0.1) is 27.7 Å². The van der Waals surface area contributed by atoms with Crippen LogP contribution in [0.25, 0.3) is 0 Å². The van der Waals surface area contributed by atoms with Crippen LogP contribution in [0.15, 0.2) is 30.3 Å². The van der Waals surface area contributed by atoms with Gasteiger partial charge in [-0.2, -0.15) is 0 Å². The summed E-state index contributed by atoms with van der Waals surface area (Å²) < 4.78 is 6.00. The zero-order chi connectivity index (χ0) is 23.8. The number of hydrogen-bond acceptors (Lipinski definition) is 3. The minimum absolute atomic E-state index is 0.00379. The molecular weight excluding hydrogens is 432 g/mol. The molecular formula is C28H39ClN2O2. The molecule has 2 aromatic rings. The van der Waals surface area contributed by atoms with Gasteiger partial charge in [-0.1, -0.05) is 18.6 Å². The highest BCUT2D eigenvalue weighted by molar-refractivity contribution is 6.17. The third-order valence-electron chi connectivity index (χ3n) is 6.99. The van der Waals surface area contributed by atoms with Gasteiger partial charge in [-0.3, -0.25) is 4.79 Å². The van der Waals surface area contributed by atoms with E-state index < -0.39 is 0 Å². The second-order valence-electron chi connectivity index (χ2n) is 9.36. The van der Waals surface area contributed by atoms with Gasteiger partial charge in [-0.25, -0.2) is 0 Å². The van der Waals surface area contributed by atoms with E-state index in [0.29, 0.717) is 12.5 Å². The van der Waals surface area contributed by atoms with Crippen LogP contribution in [-0.4, -0.2) is 37.0 Å². The van der Waals surface area contributed by atoms with E-state index in [2.05, 4.69) is 50.5 Å². The molecule has 5 heteroatoms. The number of nitrogens with one attached hydrogen (secondary N) is 2. The van der Waals surface area contributed by atoms with Gasteiger partial charge in [0.1, 0.15) is 5.75 Å². The predicted molar refractivity (Wildman–Crippen MR) is 138 cm³/mol. The topological polar surface area (TPSA) is 50.4 Å². The minimum atomic E-state index is 0.00379. The van der Waals surface area contributed by atoms with E-state index in [1.165, 1.54) is 35.1 Å². The quantitative estimate of drug-likeness (QED) is 0.340. The Bertz CT molecular complexity index is 938. The maximum absolute atomic E-state index is 13.2. The van der Waals surface area contributed by atoms with E-state index in [9.17, 15) is 4.79 Å². The van der Waals surface area contributed by atoms with Gasteiger partial charge in [-0.15, -0.1) is 11.6 Å². The van der Waals surface area contributed by atoms with Gasteiger partial charge in [0.15, 0.2) is 0 Å². The van der Waals surface area contributed by atoms with Gasteiger partial charge in [0.25, 0.3) is 5.91 Å². The molecule has 1 fully saturated rings. The highest BCUT2D eigenvalue weighted by Gasteiger charge is 2.26. The summed E-state index contributed by atoms with van der Waals surface area (Å²) in [6.07, 6.45) is 6.20. The van der Waals surface area contributed by atoms with E-state index in [0.717, 1.165) is 49.1 Å². The average molecular weight is 471 g/mol. The molecule has 0 radical (unpaired) electrons. The number of alkyl halides is 1. The van der Waals surface area contributed by atoms with Crippen LogP contribution in [0.3, 0.4) is 0 Å². The second-order valence-corrected chi connectivity index (χ2v) is 9.73. The van der Waals surface area contributed by atoms with Crippen LogP contribution < -0.4 is 15.4 Å². The molecule has 0 aliphatic carbocycles. The van der Waals surface area contributed by atoms with Crippen molar-refractivity contribution < 1.29 is 9.53 Å². The number of benzene rings is 2. The van der Waals surface area contributed by atoms with E-state index >= 15 is 0 Å². The van der Waals surface area contributed by atoms with Crippen molar-refractivity contribution in [3.8, 4) is 5.75 Å². The lowest BCUT2D eigenvalue weighted by atomic mass is 9.90. The van der Waals surface area contributed by atoms with E-state index in [-0.39, 0.29) is 18.0 Å². The van der Waals surface area contributed by atoms with Crippen LogP contribution in [0.1, 0.15) is 70.3 Å². The molecule has 33 heavy (non-hydrogen) atoms. The zero-order valence-electron chi connectivity index (χ0n) is 20.6. The number of halogens is 1. The lowest BCUT2D eigenvalue weighted by molar-refractivity contribution is 0.0923. The van der Waals surface area contributed by atoms with Crippen molar-refractivity contribution in [2.24, 2.45) is 0 Å². The molecule has 2 N–H and O–H groups in total. The number of ether oxygens (including phenoxy) is 1. The SMILES string of the molecule is Cc1ccc(C(=O)NC(Cc2ccc(OCCCCCl)c(C)c2C)C2CCCCN2)cc1C. The number of aryl methyl sites for hydroxylation is 2. The number of carbonyl (C=O) groups excluding carboxylic acids is 1. The molecule has 0 aromatic heterocycles. The van der Waals surface area contributed by atoms with Crippen molar-refractivity contribution in [2.75, 3.05) is 19.0 Å². The summed E-state index contributed by atoms with van der Waals surface area (Å²) in [5.74, 6) is 1.62. The fourth-order valence-electron chi connectivity index (χ4n) is 4.50. The van der Waals surface area contributed by atoms with Crippen molar-refractivity contribution in [2.45, 2.75) is 78.3 Å². The molecule has 1 heterocycles. The number of carbonyl (C=O) groups is 1. The van der Waals surface area contributed by atoms with E-state index in [1.807, 2.05) is 18.2 Å². The first kappa shape index (κ1) is 25.6. The van der Waals surface area contributed by atoms with Crippen LogP contribution >= 0.6 is 11.6 Å². The molecule has 0 spiro atoms. The Kier molecular flexibility index (Phi) is 9.64. The lowest BCUT2D eigenvalue weighted by Gasteiger charge is -2.33. The summed E-state index contributed by atoms with van der Waals surface area (Å²) in [5.41, 5.74) is 6.75. The van der Waals surface area contributed by atoms with Gasteiger partial charge in [0.2, 0.25) is 0 Å². The number of amides is 1. The van der Waals surface area contributed by atoms with Gasteiger partial charge in [0.05, 0.1) is 6.61 Å². The summed E-state index contributed by atoms with van der Waals surface area (Å²) in [6.45, 7) is 10.1. The first-order valence-electron chi connectivity index (χ1n) is 12.3. The second kappa shape index (κ2) is 12.4. The van der Waals surface area contributed by atoms with Crippen molar-refractivity contribution in [1.82, 2.24) is 10.6 Å². The Morgan fingerprint density at radius 1 is 1.09 bits per heavy atom. The Labute approximate surface area is 204 Å². The summed E-state index contributed by atoms with van der Waals surface area (Å²) >= 11 is 5.77. The lowest BCUT2D eigenvalue weighted by Crippen LogP contribution is -2.52. The van der Waals surface area contributed by atoms with Crippen LogP contribution in [0.5, 0.6) is 5.75 Å². The number of piperidine rings is 1. The zero-order valence-corrected chi connectivity index (χ0v) is 21.4. The monoisotopic (exact) mass is 470 g/mol. The van der Waals surface area contributed by atoms with E-state index in [4.69, 9.17) is 16.3 Å². The van der Waals surface area contributed by atoms with Crippen molar-refractivity contribution in [3.63, 3.8) is 0 Å². The number of unbranched alkanes of at least 4 members (excludes halogenated alkanes) is 1. The largest absolute Gasteiger partial charge is 0.493 e. The van der Waals surface area contributed by atoms with Crippen molar-refractivity contribution in [3.05, 3.63) is 63.7 Å². The Morgan fingerprint density at radius 2 is 1.91 bits per heavy atom. The fraction of sp³-hybridized carbons (Fsp3) is 0.536. The fourth-order valence-corrected chi connectivity index (χ4v) is 4.68. The van der Waals surface area contributed by atoms with Gasteiger partial charge in [0, 0.05) is 23.5 Å². The maximum Gasteiger partial charge on any atom is 0.251 e. The van der Waals surface area contributed by atoms with Crippen molar-refractivity contribution >= 4 is 17.5 Å². The summed E-state index contributed by atoms with van der Waals surface area (Å²) in [7, 11) is 0. The molecule has 1 amide bonds. The van der Waals surface area contributed by atoms with Gasteiger partial charge < -0.3 is 15.4 Å². The van der Waals surface area contributed by atoms with Gasteiger partial charge >= 0.3 is 0 Å². The van der Waals surface area contributed by atoms with Crippen LogP contribution in [0.2, 0.25) is 0 Å². The molecule has 1 aliphatic rings. The van der Waals surface area contributed by atoms with Crippen molar-refractivity contribution in [1.29, 1.82) is 0 Å². The normalized spacial score (nSPS) is 16.9. The maximum atomic E-state index is 13.2. The molecule has 2 unspecified atom stereocenters. The Balaban J connectivity index is 1.76. The first-order chi connectivity index (χ1) is 15.9. The molecule has 0 bridgehead atoms. The van der Waals surface area contributed by atoms with E-state index in [1.54, 1.807) is 0 Å². The molecule has 4 nitrogen and oxygen atoms in total. The van der Waals surface area contributed by atoms with Crippen LogP contribution in [-0.2, 0) is 6.42 Å². The minimum Gasteiger partial charge on any atom is -0.493 e. The Morgan fingerprint density at radius 3 is 2.61 bits per heavy atom. The number of hydrogen-bond donors (Lipinski definition) is 2. The first-order valence-corrected chi connectivity index (χ1v) is 12.8. The molecule has 180 valence electrons. The average Bonchev–Trinajstić information content (AvgIpc) is 2.82.